The van der Waals surface area contributed by atoms with Crippen LogP contribution in [-0.2, 0) is 17.5 Å². The van der Waals surface area contributed by atoms with Gasteiger partial charge in [0.25, 0.3) is 0 Å². The van der Waals surface area contributed by atoms with Gasteiger partial charge in [0.05, 0.1) is 18.8 Å². The van der Waals surface area contributed by atoms with E-state index in [1.807, 2.05) is 19.0 Å². The molecule has 0 spiro atoms. The molecule has 0 atom stereocenters. The van der Waals surface area contributed by atoms with Gasteiger partial charge < -0.3 is 15.0 Å². The molecule has 0 fully saturated rings. The summed E-state index contributed by atoms with van der Waals surface area (Å²) in [7, 11) is 3.88. The Labute approximate surface area is 121 Å². The predicted octanol–water partition coefficient (Wildman–Crippen LogP) is 2.51. The molecule has 0 aliphatic carbocycles. The van der Waals surface area contributed by atoms with Crippen LogP contribution in [0.2, 0.25) is 0 Å². The molecule has 0 saturated carbocycles. The van der Waals surface area contributed by atoms with Gasteiger partial charge in [0.2, 0.25) is 0 Å². The SMILES string of the molecule is CN(C)CCOCCNCc1ccc(F)c(C(F)(F)F)c1. The van der Waals surface area contributed by atoms with Gasteiger partial charge in [-0.25, -0.2) is 4.39 Å². The van der Waals surface area contributed by atoms with Crippen LogP contribution in [-0.4, -0.2) is 45.3 Å². The number of likely N-dealkylation sites (N-methyl/N-ethyl adjacent to an activating group) is 1. The molecule has 0 bridgehead atoms. The van der Waals surface area contributed by atoms with E-state index in [1.165, 1.54) is 6.07 Å². The third-order valence-electron chi connectivity index (χ3n) is 2.77. The second-order valence-corrected chi connectivity index (χ2v) is 4.90. The summed E-state index contributed by atoms with van der Waals surface area (Å²) in [6.07, 6.45) is -4.67. The Morgan fingerprint density at radius 1 is 1.19 bits per heavy atom. The van der Waals surface area contributed by atoms with Crippen LogP contribution >= 0.6 is 0 Å². The van der Waals surface area contributed by atoms with Gasteiger partial charge in [-0.1, -0.05) is 6.07 Å². The van der Waals surface area contributed by atoms with Crippen molar-refractivity contribution in [3.8, 4) is 0 Å². The van der Waals surface area contributed by atoms with Crippen LogP contribution in [0.15, 0.2) is 18.2 Å². The topological polar surface area (TPSA) is 24.5 Å². The van der Waals surface area contributed by atoms with Crippen molar-refractivity contribution < 1.29 is 22.3 Å². The summed E-state index contributed by atoms with van der Waals surface area (Å²) in [5.74, 6) is -1.25. The number of hydrogen-bond acceptors (Lipinski definition) is 3. The number of hydrogen-bond donors (Lipinski definition) is 1. The molecule has 0 radical (unpaired) electrons. The first kappa shape index (κ1) is 17.9. The van der Waals surface area contributed by atoms with Crippen LogP contribution < -0.4 is 5.32 Å². The molecular formula is C14H20F4N2O. The zero-order chi connectivity index (χ0) is 15.9. The molecule has 0 saturated heterocycles. The van der Waals surface area contributed by atoms with Gasteiger partial charge in [-0.3, -0.25) is 0 Å². The summed E-state index contributed by atoms with van der Waals surface area (Å²) in [6.45, 7) is 2.64. The fraction of sp³-hybridized carbons (Fsp3) is 0.571. The highest BCUT2D eigenvalue weighted by Gasteiger charge is 2.34. The maximum atomic E-state index is 13.1. The van der Waals surface area contributed by atoms with Crippen molar-refractivity contribution in [1.29, 1.82) is 0 Å². The molecule has 0 amide bonds. The monoisotopic (exact) mass is 308 g/mol. The Morgan fingerprint density at radius 2 is 1.90 bits per heavy atom. The fourth-order valence-electron chi connectivity index (χ4n) is 1.63. The third kappa shape index (κ3) is 6.88. The molecule has 1 rings (SSSR count). The van der Waals surface area contributed by atoms with Gasteiger partial charge in [0, 0.05) is 19.6 Å². The van der Waals surface area contributed by atoms with Gasteiger partial charge in [-0.2, -0.15) is 13.2 Å². The lowest BCUT2D eigenvalue weighted by atomic mass is 10.1. The lowest BCUT2D eigenvalue weighted by Gasteiger charge is -2.12. The lowest BCUT2D eigenvalue weighted by Crippen LogP contribution is -2.23. The first-order valence-electron chi connectivity index (χ1n) is 6.59. The summed E-state index contributed by atoms with van der Waals surface area (Å²) in [5.41, 5.74) is -0.846. The number of benzene rings is 1. The molecule has 0 unspecified atom stereocenters. The van der Waals surface area contributed by atoms with E-state index in [1.54, 1.807) is 0 Å². The van der Waals surface area contributed by atoms with Crippen LogP contribution in [0.4, 0.5) is 17.6 Å². The summed E-state index contributed by atoms with van der Waals surface area (Å²) in [4.78, 5) is 1.99. The smallest absolute Gasteiger partial charge is 0.379 e. The molecule has 1 aromatic carbocycles. The van der Waals surface area contributed by atoms with E-state index in [0.29, 0.717) is 25.3 Å². The molecule has 0 aliphatic rings. The minimum Gasteiger partial charge on any atom is -0.379 e. The van der Waals surface area contributed by atoms with Crippen LogP contribution in [0.25, 0.3) is 0 Å². The molecule has 1 aromatic rings. The minimum absolute atomic E-state index is 0.237. The number of nitrogens with one attached hydrogen (secondary N) is 1. The predicted molar refractivity (Wildman–Crippen MR) is 72.5 cm³/mol. The average molecular weight is 308 g/mol. The Balaban J connectivity index is 2.33. The van der Waals surface area contributed by atoms with Gasteiger partial charge in [-0.15, -0.1) is 0 Å². The van der Waals surface area contributed by atoms with E-state index in [4.69, 9.17) is 4.74 Å². The van der Waals surface area contributed by atoms with Crippen molar-refractivity contribution in [3.05, 3.63) is 35.1 Å². The summed E-state index contributed by atoms with van der Waals surface area (Å²) >= 11 is 0. The maximum absolute atomic E-state index is 13.1. The van der Waals surface area contributed by atoms with Crippen molar-refractivity contribution >= 4 is 0 Å². The van der Waals surface area contributed by atoms with Gasteiger partial charge in [0.1, 0.15) is 5.82 Å². The second-order valence-electron chi connectivity index (χ2n) is 4.90. The quantitative estimate of drug-likeness (QED) is 0.590. The fourth-order valence-corrected chi connectivity index (χ4v) is 1.63. The van der Waals surface area contributed by atoms with E-state index in [9.17, 15) is 17.6 Å². The number of ether oxygens (including phenoxy) is 1. The van der Waals surface area contributed by atoms with E-state index < -0.39 is 17.6 Å². The summed E-state index contributed by atoms with van der Waals surface area (Å²) < 4.78 is 56.0. The zero-order valence-corrected chi connectivity index (χ0v) is 12.1. The van der Waals surface area contributed by atoms with Crippen molar-refractivity contribution in [3.63, 3.8) is 0 Å². The number of alkyl halides is 3. The van der Waals surface area contributed by atoms with Gasteiger partial charge in [0.15, 0.2) is 0 Å². The van der Waals surface area contributed by atoms with Crippen molar-refractivity contribution in [2.24, 2.45) is 0 Å². The minimum atomic E-state index is -4.67. The Morgan fingerprint density at radius 3 is 2.52 bits per heavy atom. The zero-order valence-electron chi connectivity index (χ0n) is 12.1. The highest BCUT2D eigenvalue weighted by atomic mass is 19.4. The van der Waals surface area contributed by atoms with Gasteiger partial charge in [-0.05, 0) is 31.8 Å². The van der Waals surface area contributed by atoms with Crippen LogP contribution in [0.3, 0.4) is 0 Å². The third-order valence-corrected chi connectivity index (χ3v) is 2.77. The Bertz CT molecular complexity index is 435. The van der Waals surface area contributed by atoms with Crippen molar-refractivity contribution in [2.45, 2.75) is 12.7 Å². The van der Waals surface area contributed by atoms with E-state index in [2.05, 4.69) is 5.32 Å². The summed E-state index contributed by atoms with van der Waals surface area (Å²) in [6, 6.07) is 3.01. The molecule has 0 heterocycles. The largest absolute Gasteiger partial charge is 0.419 e. The standard InChI is InChI=1S/C14H20F4N2O/c1-20(2)6-8-21-7-5-19-10-11-3-4-13(15)12(9-11)14(16,17)18/h3-4,9,19H,5-8,10H2,1-2H3. The molecule has 120 valence electrons. The highest BCUT2D eigenvalue weighted by molar-refractivity contribution is 5.27. The maximum Gasteiger partial charge on any atom is 0.419 e. The molecule has 0 aromatic heterocycles. The van der Waals surface area contributed by atoms with Gasteiger partial charge >= 0.3 is 6.18 Å². The molecule has 0 aliphatic heterocycles. The second kappa shape index (κ2) is 8.31. The van der Waals surface area contributed by atoms with Crippen molar-refractivity contribution in [1.82, 2.24) is 10.2 Å². The molecule has 1 N–H and O–H groups in total. The Hall–Kier alpha value is -1.18. The first-order valence-corrected chi connectivity index (χ1v) is 6.59. The van der Waals surface area contributed by atoms with E-state index in [0.717, 1.165) is 18.7 Å². The number of rotatable bonds is 8. The Kier molecular flexibility index (Phi) is 7.07. The molecule has 7 heteroatoms. The van der Waals surface area contributed by atoms with Crippen molar-refractivity contribution in [2.75, 3.05) is 40.4 Å². The number of halogens is 4. The highest BCUT2D eigenvalue weighted by Crippen LogP contribution is 2.31. The van der Waals surface area contributed by atoms with E-state index >= 15 is 0 Å². The van der Waals surface area contributed by atoms with E-state index in [-0.39, 0.29) is 6.54 Å². The van der Waals surface area contributed by atoms with Crippen LogP contribution in [0.1, 0.15) is 11.1 Å². The first-order chi connectivity index (χ1) is 9.80. The lowest BCUT2D eigenvalue weighted by molar-refractivity contribution is -0.140. The normalized spacial score (nSPS) is 12.1. The average Bonchev–Trinajstić information content (AvgIpc) is 2.37. The van der Waals surface area contributed by atoms with Crippen LogP contribution in [0.5, 0.6) is 0 Å². The molecule has 21 heavy (non-hydrogen) atoms. The molecule has 3 nitrogen and oxygen atoms in total. The summed E-state index contributed by atoms with van der Waals surface area (Å²) in [5, 5.41) is 2.96. The van der Waals surface area contributed by atoms with Crippen LogP contribution in [0, 0.1) is 5.82 Å². The molecular weight excluding hydrogens is 288 g/mol. The number of nitrogens with zero attached hydrogens (tertiary/aromatic N) is 1.